The van der Waals surface area contributed by atoms with Crippen molar-refractivity contribution in [1.82, 2.24) is 5.32 Å². The number of nitrogens with one attached hydrogen (secondary N) is 1. The third kappa shape index (κ3) is 25.9. The molecule has 3 atom stereocenters. The second kappa shape index (κ2) is 23.9. The summed E-state index contributed by atoms with van der Waals surface area (Å²) in [5, 5.41) is 13.3. The summed E-state index contributed by atoms with van der Waals surface area (Å²) in [6.45, 7) is 4.43. The summed E-state index contributed by atoms with van der Waals surface area (Å²) >= 11 is 0. The van der Waals surface area contributed by atoms with E-state index in [0.717, 1.165) is 19.3 Å². The molecule has 1 amide bonds. The first-order chi connectivity index (χ1) is 18.5. The van der Waals surface area contributed by atoms with E-state index in [2.05, 4.69) is 12.2 Å². The van der Waals surface area contributed by atoms with Gasteiger partial charge in [0.2, 0.25) is 5.91 Å². The van der Waals surface area contributed by atoms with Crippen molar-refractivity contribution in [2.24, 2.45) is 0 Å². The van der Waals surface area contributed by atoms with Crippen LogP contribution in [-0.4, -0.2) is 73.4 Å². The summed E-state index contributed by atoms with van der Waals surface area (Å²) in [7, 11) is 1.56. The lowest BCUT2D eigenvalue weighted by atomic mass is 10.0. The standard InChI is InChI=1S/C30H61N2O6P/c1-6-8-9-10-11-12-13-14-15-16-17-18-19-20-21-22-24-29(33)28(31-30(34)23-7-2)27-38-39(35,36)37-26-25-32(3,4)5/h22,24,28-29,33H,6-21,23,25-27H2,1-5H3,(H-,31,34,35,36)/p+1/b24-22+. The molecule has 0 radical (unpaired) electrons. The van der Waals surface area contributed by atoms with Crippen molar-refractivity contribution >= 4 is 13.7 Å². The van der Waals surface area contributed by atoms with Crippen LogP contribution in [0.25, 0.3) is 0 Å². The molecule has 0 aromatic rings. The van der Waals surface area contributed by atoms with E-state index >= 15 is 0 Å². The number of phosphoric acid groups is 1. The number of likely N-dealkylation sites (N-methyl/N-ethyl adjacent to an activating group) is 1. The molecule has 0 aliphatic carbocycles. The van der Waals surface area contributed by atoms with Gasteiger partial charge in [0.15, 0.2) is 0 Å². The Morgan fingerprint density at radius 1 is 0.846 bits per heavy atom. The van der Waals surface area contributed by atoms with Crippen LogP contribution in [-0.2, 0) is 18.4 Å². The molecule has 0 bridgehead atoms. The van der Waals surface area contributed by atoms with Crippen LogP contribution in [0.15, 0.2) is 12.2 Å². The van der Waals surface area contributed by atoms with E-state index in [0.29, 0.717) is 23.9 Å². The SMILES string of the molecule is CCCCCCCCCCCCCCCC/C=C/C(O)C(COP(=O)(O)OCC[N+](C)(C)C)NC(=O)CCC. The van der Waals surface area contributed by atoms with Crippen LogP contribution in [0.2, 0.25) is 0 Å². The molecule has 0 saturated carbocycles. The monoisotopic (exact) mass is 577 g/mol. The van der Waals surface area contributed by atoms with Crippen LogP contribution in [0.5, 0.6) is 0 Å². The topological polar surface area (TPSA) is 105 Å². The summed E-state index contributed by atoms with van der Waals surface area (Å²) in [5.74, 6) is -0.232. The van der Waals surface area contributed by atoms with Crippen LogP contribution >= 0.6 is 7.82 Å². The Labute approximate surface area is 240 Å². The number of carbonyl (C=O) groups is 1. The van der Waals surface area contributed by atoms with Crippen molar-refractivity contribution in [2.45, 2.75) is 135 Å². The maximum atomic E-state index is 12.2. The van der Waals surface area contributed by atoms with Gasteiger partial charge in [0.25, 0.3) is 0 Å². The highest BCUT2D eigenvalue weighted by molar-refractivity contribution is 7.47. The van der Waals surface area contributed by atoms with Gasteiger partial charge in [0.05, 0.1) is 39.9 Å². The summed E-state index contributed by atoms with van der Waals surface area (Å²) in [6, 6.07) is -0.834. The number of rotatable bonds is 27. The molecule has 0 spiro atoms. The van der Waals surface area contributed by atoms with Crippen molar-refractivity contribution in [2.75, 3.05) is 40.9 Å². The molecule has 3 unspecified atom stereocenters. The summed E-state index contributed by atoms with van der Waals surface area (Å²) in [6.07, 6.45) is 22.8. The zero-order valence-electron chi connectivity index (χ0n) is 25.9. The number of phosphoric ester groups is 1. The molecule has 0 saturated heterocycles. The van der Waals surface area contributed by atoms with Crippen molar-refractivity contribution in [1.29, 1.82) is 0 Å². The van der Waals surface area contributed by atoms with Crippen LogP contribution in [0.4, 0.5) is 0 Å². The van der Waals surface area contributed by atoms with Gasteiger partial charge < -0.3 is 19.8 Å². The molecular formula is C30H62N2O6P+. The Morgan fingerprint density at radius 2 is 1.36 bits per heavy atom. The Balaban J connectivity index is 4.21. The Kier molecular flexibility index (Phi) is 23.4. The van der Waals surface area contributed by atoms with Crippen molar-refractivity contribution in [3.63, 3.8) is 0 Å². The van der Waals surface area contributed by atoms with Crippen molar-refractivity contribution in [3.8, 4) is 0 Å². The van der Waals surface area contributed by atoms with Gasteiger partial charge in [-0.25, -0.2) is 4.57 Å². The number of hydrogen-bond donors (Lipinski definition) is 3. The minimum atomic E-state index is -4.29. The minimum Gasteiger partial charge on any atom is -0.387 e. The number of allylic oxidation sites excluding steroid dienone is 1. The highest BCUT2D eigenvalue weighted by Crippen LogP contribution is 2.43. The molecule has 0 fully saturated rings. The smallest absolute Gasteiger partial charge is 0.387 e. The van der Waals surface area contributed by atoms with Crippen LogP contribution in [0.3, 0.4) is 0 Å². The lowest BCUT2D eigenvalue weighted by Crippen LogP contribution is -2.45. The first-order valence-electron chi connectivity index (χ1n) is 15.6. The van der Waals surface area contributed by atoms with Crippen molar-refractivity contribution in [3.05, 3.63) is 12.2 Å². The molecule has 0 aromatic heterocycles. The molecule has 232 valence electrons. The lowest BCUT2D eigenvalue weighted by molar-refractivity contribution is -0.870. The van der Waals surface area contributed by atoms with Crippen molar-refractivity contribution < 1.29 is 32.9 Å². The number of unbranched alkanes of at least 4 members (excludes halogenated alkanes) is 14. The number of nitrogens with zero attached hydrogens (tertiary/aromatic N) is 1. The van der Waals surface area contributed by atoms with Gasteiger partial charge in [-0.1, -0.05) is 109 Å². The quantitative estimate of drug-likeness (QED) is 0.0425. The third-order valence-electron chi connectivity index (χ3n) is 6.73. The first-order valence-corrected chi connectivity index (χ1v) is 17.1. The second-order valence-corrected chi connectivity index (χ2v) is 13.3. The fraction of sp³-hybridized carbons (Fsp3) is 0.900. The molecular weight excluding hydrogens is 515 g/mol. The third-order valence-corrected chi connectivity index (χ3v) is 7.71. The van der Waals surface area contributed by atoms with Gasteiger partial charge in [0.1, 0.15) is 13.2 Å². The van der Waals surface area contributed by atoms with E-state index in [1.807, 2.05) is 34.1 Å². The summed E-state index contributed by atoms with van der Waals surface area (Å²) < 4.78 is 23.0. The zero-order valence-corrected chi connectivity index (χ0v) is 26.8. The Bertz CT molecular complexity index is 668. The molecule has 0 aromatic carbocycles. The van der Waals surface area contributed by atoms with E-state index in [4.69, 9.17) is 9.05 Å². The Morgan fingerprint density at radius 3 is 1.85 bits per heavy atom. The molecule has 3 N–H and O–H groups in total. The number of amides is 1. The van der Waals surface area contributed by atoms with Gasteiger partial charge in [-0.3, -0.25) is 13.8 Å². The highest BCUT2D eigenvalue weighted by Gasteiger charge is 2.27. The maximum absolute atomic E-state index is 12.2. The molecule has 0 rings (SSSR count). The Hall–Kier alpha value is -0.760. The minimum absolute atomic E-state index is 0.0613. The van der Waals surface area contributed by atoms with Gasteiger partial charge in [-0.15, -0.1) is 0 Å². The van der Waals surface area contributed by atoms with E-state index in [1.54, 1.807) is 6.08 Å². The average molecular weight is 578 g/mol. The van der Waals surface area contributed by atoms with Gasteiger partial charge >= 0.3 is 7.82 Å². The van der Waals surface area contributed by atoms with Gasteiger partial charge in [0, 0.05) is 6.42 Å². The van der Waals surface area contributed by atoms with E-state index < -0.39 is 20.0 Å². The molecule has 39 heavy (non-hydrogen) atoms. The molecule has 9 heteroatoms. The fourth-order valence-electron chi connectivity index (χ4n) is 4.20. The zero-order chi connectivity index (χ0) is 29.4. The van der Waals surface area contributed by atoms with Crippen LogP contribution < -0.4 is 5.32 Å². The normalized spacial score (nSPS) is 15.4. The summed E-state index contributed by atoms with van der Waals surface area (Å²) in [5.41, 5.74) is 0. The number of aliphatic hydroxyl groups excluding tert-OH is 1. The highest BCUT2D eigenvalue weighted by atomic mass is 31.2. The number of quaternary nitrogens is 1. The molecule has 0 aliphatic heterocycles. The number of carbonyl (C=O) groups excluding carboxylic acids is 1. The number of hydrogen-bond acceptors (Lipinski definition) is 5. The summed E-state index contributed by atoms with van der Waals surface area (Å²) in [4.78, 5) is 22.1. The maximum Gasteiger partial charge on any atom is 0.472 e. The first kappa shape index (κ1) is 38.2. The lowest BCUT2D eigenvalue weighted by Gasteiger charge is -2.25. The van der Waals surface area contributed by atoms with E-state index in [-0.39, 0.29) is 19.1 Å². The van der Waals surface area contributed by atoms with E-state index in [1.165, 1.54) is 77.0 Å². The van der Waals surface area contributed by atoms with Gasteiger partial charge in [-0.2, -0.15) is 0 Å². The predicted octanol–water partition coefficient (Wildman–Crippen LogP) is 6.90. The largest absolute Gasteiger partial charge is 0.472 e. The van der Waals surface area contributed by atoms with Crippen LogP contribution in [0, 0.1) is 0 Å². The van der Waals surface area contributed by atoms with E-state index in [9.17, 15) is 19.4 Å². The average Bonchev–Trinajstić information content (AvgIpc) is 2.85. The number of aliphatic hydroxyl groups is 1. The second-order valence-electron chi connectivity index (χ2n) is 11.8. The molecule has 8 nitrogen and oxygen atoms in total. The molecule has 0 aliphatic rings. The molecule has 0 heterocycles. The predicted molar refractivity (Wildman–Crippen MR) is 162 cm³/mol. The fourth-order valence-corrected chi connectivity index (χ4v) is 4.94. The van der Waals surface area contributed by atoms with Crippen LogP contribution in [0.1, 0.15) is 123 Å². The van der Waals surface area contributed by atoms with Gasteiger partial charge in [-0.05, 0) is 19.3 Å².